The van der Waals surface area contributed by atoms with E-state index in [4.69, 9.17) is 9.47 Å². The van der Waals surface area contributed by atoms with Gasteiger partial charge in [0.1, 0.15) is 6.79 Å². The zero-order valence-electron chi connectivity index (χ0n) is 16.6. The summed E-state index contributed by atoms with van der Waals surface area (Å²) >= 11 is 0. The predicted molar refractivity (Wildman–Crippen MR) is 103 cm³/mol. The zero-order chi connectivity index (χ0) is 18.0. The molecule has 2 rings (SSSR count). The first-order valence-corrected chi connectivity index (χ1v) is 10.7. The number of hydrogen-bond donors (Lipinski definition) is 2. The zero-order valence-corrected chi connectivity index (χ0v) is 16.6. The van der Waals surface area contributed by atoms with Crippen molar-refractivity contribution in [1.29, 1.82) is 0 Å². The lowest BCUT2D eigenvalue weighted by atomic mass is 9.70. The minimum Gasteiger partial charge on any atom is -0.393 e. The molecule has 0 bridgehead atoms. The van der Waals surface area contributed by atoms with Gasteiger partial charge in [-0.15, -0.1) is 0 Å². The summed E-state index contributed by atoms with van der Waals surface area (Å²) in [6.07, 6.45) is 15.8. The maximum absolute atomic E-state index is 10.4. The van der Waals surface area contributed by atoms with Crippen LogP contribution in [0.25, 0.3) is 0 Å². The molecular formula is C21H41NO3. The topological polar surface area (TPSA) is 50.7 Å². The van der Waals surface area contributed by atoms with E-state index in [1.54, 1.807) is 7.11 Å². The van der Waals surface area contributed by atoms with Gasteiger partial charge in [0.05, 0.1) is 12.7 Å². The van der Waals surface area contributed by atoms with E-state index in [9.17, 15) is 5.11 Å². The summed E-state index contributed by atoms with van der Waals surface area (Å²) in [7, 11) is 1.67. The monoisotopic (exact) mass is 355 g/mol. The molecule has 25 heavy (non-hydrogen) atoms. The number of methoxy groups -OCH3 is 1. The lowest BCUT2D eigenvalue weighted by molar-refractivity contribution is -0.0383. The van der Waals surface area contributed by atoms with Crippen molar-refractivity contribution in [2.75, 3.05) is 20.5 Å². The minimum absolute atomic E-state index is 0.0990. The van der Waals surface area contributed by atoms with Crippen LogP contribution in [-0.2, 0) is 9.47 Å². The molecule has 1 saturated carbocycles. The third-order valence-corrected chi connectivity index (χ3v) is 6.40. The van der Waals surface area contributed by atoms with Crippen LogP contribution in [-0.4, -0.2) is 43.3 Å². The van der Waals surface area contributed by atoms with Crippen LogP contribution < -0.4 is 5.32 Å². The van der Waals surface area contributed by atoms with E-state index in [2.05, 4.69) is 12.2 Å². The molecule has 2 fully saturated rings. The van der Waals surface area contributed by atoms with Gasteiger partial charge < -0.3 is 19.9 Å². The van der Waals surface area contributed by atoms with Crippen LogP contribution in [0, 0.1) is 5.92 Å². The number of rotatable bonds is 12. The molecule has 1 aliphatic carbocycles. The highest BCUT2D eigenvalue weighted by molar-refractivity contribution is 5.03. The second-order valence-corrected chi connectivity index (χ2v) is 8.34. The average Bonchev–Trinajstić information content (AvgIpc) is 3.02. The number of hydrogen-bond acceptors (Lipinski definition) is 4. The van der Waals surface area contributed by atoms with Gasteiger partial charge in [-0.2, -0.15) is 0 Å². The summed E-state index contributed by atoms with van der Waals surface area (Å²) in [5.74, 6) is 0.721. The molecule has 0 aromatic carbocycles. The molecule has 4 atom stereocenters. The fourth-order valence-electron chi connectivity index (χ4n) is 4.98. The molecule has 0 aromatic heterocycles. The van der Waals surface area contributed by atoms with Gasteiger partial charge in [-0.3, -0.25) is 0 Å². The summed E-state index contributed by atoms with van der Waals surface area (Å²) in [5.41, 5.74) is 0.307. The van der Waals surface area contributed by atoms with E-state index in [1.807, 2.05) is 0 Å². The van der Waals surface area contributed by atoms with Crippen molar-refractivity contribution in [2.45, 2.75) is 108 Å². The van der Waals surface area contributed by atoms with Gasteiger partial charge in [-0.25, -0.2) is 0 Å². The molecule has 148 valence electrons. The lowest BCUT2D eigenvalue weighted by Gasteiger charge is -2.43. The quantitative estimate of drug-likeness (QED) is 0.402. The average molecular weight is 356 g/mol. The van der Waals surface area contributed by atoms with Crippen molar-refractivity contribution in [2.24, 2.45) is 5.92 Å². The van der Waals surface area contributed by atoms with Crippen LogP contribution in [0.2, 0.25) is 0 Å². The molecule has 0 amide bonds. The predicted octanol–water partition coefficient (Wildman–Crippen LogP) is 4.40. The maximum Gasteiger partial charge on any atom is 0.146 e. The largest absolute Gasteiger partial charge is 0.393 e. The maximum atomic E-state index is 10.4. The number of unbranched alkanes of at least 4 members (excludes halogenated alkanes) is 3. The third kappa shape index (κ3) is 6.82. The SMILES string of the molecule is CCCCCC[C@H](O)CC[C@@H]1CCCC[C@]12CC[C@@H](COCOC)N2. The van der Waals surface area contributed by atoms with Crippen LogP contribution >= 0.6 is 0 Å². The summed E-state index contributed by atoms with van der Waals surface area (Å²) < 4.78 is 10.6. The number of nitrogens with one attached hydrogen (secondary N) is 1. The molecule has 0 radical (unpaired) electrons. The van der Waals surface area contributed by atoms with Crippen molar-refractivity contribution < 1.29 is 14.6 Å². The second kappa shape index (κ2) is 11.5. The molecular weight excluding hydrogens is 314 g/mol. The van der Waals surface area contributed by atoms with Crippen LogP contribution in [0.1, 0.15) is 90.4 Å². The molecule has 4 heteroatoms. The van der Waals surface area contributed by atoms with E-state index < -0.39 is 0 Å². The normalized spacial score (nSPS) is 30.8. The van der Waals surface area contributed by atoms with Gasteiger partial charge in [-0.05, 0) is 50.9 Å². The molecule has 1 heterocycles. The Hall–Kier alpha value is -0.160. The second-order valence-electron chi connectivity index (χ2n) is 8.34. The first kappa shape index (κ1) is 21.1. The van der Waals surface area contributed by atoms with Crippen molar-refractivity contribution in [3.05, 3.63) is 0 Å². The van der Waals surface area contributed by atoms with E-state index in [0.717, 1.165) is 25.4 Å². The summed E-state index contributed by atoms with van der Waals surface area (Å²) in [6, 6.07) is 0.467. The van der Waals surface area contributed by atoms with Gasteiger partial charge in [0, 0.05) is 18.7 Å². The van der Waals surface area contributed by atoms with Crippen molar-refractivity contribution in [3.63, 3.8) is 0 Å². The number of aliphatic hydroxyl groups is 1. The van der Waals surface area contributed by atoms with Gasteiger partial charge in [0.25, 0.3) is 0 Å². The van der Waals surface area contributed by atoms with Crippen molar-refractivity contribution in [3.8, 4) is 0 Å². The van der Waals surface area contributed by atoms with Crippen molar-refractivity contribution >= 4 is 0 Å². The van der Waals surface area contributed by atoms with E-state index in [-0.39, 0.29) is 6.10 Å². The molecule has 4 nitrogen and oxygen atoms in total. The van der Waals surface area contributed by atoms with E-state index >= 15 is 0 Å². The van der Waals surface area contributed by atoms with Crippen LogP contribution in [0.15, 0.2) is 0 Å². The van der Waals surface area contributed by atoms with Crippen LogP contribution in [0.4, 0.5) is 0 Å². The fraction of sp³-hybridized carbons (Fsp3) is 1.00. The highest BCUT2D eigenvalue weighted by Gasteiger charge is 2.45. The van der Waals surface area contributed by atoms with E-state index in [1.165, 1.54) is 70.6 Å². The summed E-state index contributed by atoms with van der Waals surface area (Å²) in [6.45, 7) is 3.38. The fourth-order valence-corrected chi connectivity index (χ4v) is 4.98. The van der Waals surface area contributed by atoms with Crippen molar-refractivity contribution in [1.82, 2.24) is 5.32 Å². The Labute approximate surface area is 155 Å². The highest BCUT2D eigenvalue weighted by atomic mass is 16.7. The molecule has 0 aromatic rings. The Morgan fingerprint density at radius 3 is 2.80 bits per heavy atom. The summed E-state index contributed by atoms with van der Waals surface area (Å²) in [4.78, 5) is 0. The Balaban J connectivity index is 1.74. The molecule has 1 saturated heterocycles. The minimum atomic E-state index is -0.0990. The van der Waals surface area contributed by atoms with Crippen LogP contribution in [0.5, 0.6) is 0 Å². The molecule has 2 aliphatic rings. The standard InChI is InChI=1S/C21H41NO3/c1-3-4-5-6-10-20(23)12-11-18-9-7-8-14-21(18)15-13-19(22-21)16-25-17-24-2/h18-20,22-23H,3-17H2,1-2H3/t18-,19-,20-,21-/m0/s1. The van der Waals surface area contributed by atoms with Gasteiger partial charge in [0.15, 0.2) is 0 Å². The Kier molecular flexibility index (Phi) is 9.75. The third-order valence-electron chi connectivity index (χ3n) is 6.40. The van der Waals surface area contributed by atoms with Gasteiger partial charge >= 0.3 is 0 Å². The highest BCUT2D eigenvalue weighted by Crippen LogP contribution is 2.43. The molecule has 0 unspecified atom stereocenters. The van der Waals surface area contributed by atoms with Gasteiger partial charge in [0.2, 0.25) is 0 Å². The number of ether oxygens (including phenoxy) is 2. The van der Waals surface area contributed by atoms with Gasteiger partial charge in [-0.1, -0.05) is 45.4 Å². The Bertz CT molecular complexity index is 352. The summed E-state index contributed by atoms with van der Waals surface area (Å²) in [5, 5.41) is 14.3. The smallest absolute Gasteiger partial charge is 0.146 e. The number of aliphatic hydroxyl groups excluding tert-OH is 1. The lowest BCUT2D eigenvalue weighted by Crippen LogP contribution is -2.51. The first-order valence-electron chi connectivity index (χ1n) is 10.7. The van der Waals surface area contributed by atoms with E-state index in [0.29, 0.717) is 18.4 Å². The Morgan fingerprint density at radius 2 is 2.00 bits per heavy atom. The molecule has 1 aliphatic heterocycles. The molecule has 2 N–H and O–H groups in total. The molecule has 1 spiro atoms. The Morgan fingerprint density at radius 1 is 1.12 bits per heavy atom. The first-order chi connectivity index (χ1) is 12.2. The van der Waals surface area contributed by atoms with Crippen LogP contribution in [0.3, 0.4) is 0 Å².